The Morgan fingerprint density at radius 3 is 2.79 bits per heavy atom. The fourth-order valence-electron chi connectivity index (χ4n) is 1.66. The average molecular weight is 277 g/mol. The number of anilines is 2. The van der Waals surface area contributed by atoms with Crippen LogP contribution < -0.4 is 16.7 Å². The largest absolute Gasteiger partial charge is 0.333 e. The van der Waals surface area contributed by atoms with E-state index < -0.39 is 0 Å². The summed E-state index contributed by atoms with van der Waals surface area (Å²) in [7, 11) is 0. The van der Waals surface area contributed by atoms with Crippen LogP contribution in [0.3, 0.4) is 0 Å². The molecule has 0 saturated heterocycles. The van der Waals surface area contributed by atoms with Crippen LogP contribution in [0.5, 0.6) is 0 Å². The quantitative estimate of drug-likeness (QED) is 0.611. The number of fused-ring (bicyclic) bond motifs is 1. The highest BCUT2D eigenvalue weighted by molar-refractivity contribution is 6.30. The van der Waals surface area contributed by atoms with Crippen molar-refractivity contribution in [1.29, 1.82) is 0 Å². The molecule has 96 valence electrons. The number of hydrogen-bond acceptors (Lipinski definition) is 5. The first-order chi connectivity index (χ1) is 9.15. The highest BCUT2D eigenvalue weighted by atomic mass is 35.5. The molecule has 3 rings (SSSR count). The molecule has 0 aliphatic carbocycles. The summed E-state index contributed by atoms with van der Waals surface area (Å²) in [5.41, 5.74) is 0.716. The summed E-state index contributed by atoms with van der Waals surface area (Å²) in [5.74, 6) is 5.91. The zero-order chi connectivity index (χ0) is 13.4. The standard InChI is InChI=1S/C11H9ClN6O/c12-6-1-3-7(4-2-6)15-11-16-9-8(5-14-17-9)10(19)18(11)13/h1-5H,13H2,(H2,14,15,16,17). The maximum absolute atomic E-state index is 11.9. The molecule has 0 atom stereocenters. The van der Waals surface area contributed by atoms with Crippen LogP contribution in [0.15, 0.2) is 35.3 Å². The van der Waals surface area contributed by atoms with Crippen molar-refractivity contribution in [2.45, 2.75) is 0 Å². The fourth-order valence-corrected chi connectivity index (χ4v) is 1.78. The van der Waals surface area contributed by atoms with Crippen LogP contribution in [0.25, 0.3) is 11.0 Å². The van der Waals surface area contributed by atoms with E-state index in [9.17, 15) is 4.79 Å². The third kappa shape index (κ3) is 2.00. The molecule has 0 saturated carbocycles. The van der Waals surface area contributed by atoms with Gasteiger partial charge in [0.15, 0.2) is 5.65 Å². The Bertz CT molecular complexity index is 791. The van der Waals surface area contributed by atoms with E-state index in [1.807, 2.05) is 0 Å². The first kappa shape index (κ1) is 11.5. The van der Waals surface area contributed by atoms with E-state index in [2.05, 4.69) is 20.5 Å². The van der Waals surface area contributed by atoms with Gasteiger partial charge in [0, 0.05) is 10.7 Å². The van der Waals surface area contributed by atoms with Crippen LogP contribution in [0.2, 0.25) is 5.02 Å². The molecule has 7 nitrogen and oxygen atoms in total. The van der Waals surface area contributed by atoms with Gasteiger partial charge >= 0.3 is 0 Å². The first-order valence-electron chi connectivity index (χ1n) is 5.39. The molecular formula is C11H9ClN6O. The van der Waals surface area contributed by atoms with Gasteiger partial charge in [-0.25, -0.2) is 0 Å². The third-order valence-corrected chi connectivity index (χ3v) is 2.87. The SMILES string of the molecule is Nn1c(Nc2ccc(Cl)cc2)nc2[nH]ncc2c1=O. The molecule has 0 aliphatic heterocycles. The minimum Gasteiger partial charge on any atom is -0.333 e. The van der Waals surface area contributed by atoms with Crippen molar-refractivity contribution in [2.24, 2.45) is 0 Å². The second kappa shape index (κ2) is 4.29. The molecule has 2 heterocycles. The number of nitrogen functional groups attached to an aromatic ring is 1. The van der Waals surface area contributed by atoms with E-state index in [-0.39, 0.29) is 11.5 Å². The van der Waals surface area contributed by atoms with E-state index in [0.29, 0.717) is 16.1 Å². The molecule has 1 aromatic carbocycles. The Hall–Kier alpha value is -2.54. The van der Waals surface area contributed by atoms with Crippen molar-refractivity contribution < 1.29 is 0 Å². The Kier molecular flexibility index (Phi) is 2.60. The second-order valence-electron chi connectivity index (χ2n) is 3.87. The van der Waals surface area contributed by atoms with E-state index in [0.717, 1.165) is 10.4 Å². The minimum atomic E-state index is -0.379. The van der Waals surface area contributed by atoms with Gasteiger partial charge in [0.25, 0.3) is 5.56 Å². The van der Waals surface area contributed by atoms with E-state index >= 15 is 0 Å². The van der Waals surface area contributed by atoms with Gasteiger partial charge in [0.1, 0.15) is 5.39 Å². The summed E-state index contributed by atoms with van der Waals surface area (Å²) in [6.45, 7) is 0. The van der Waals surface area contributed by atoms with E-state index in [1.54, 1.807) is 24.3 Å². The molecule has 2 aromatic heterocycles. The summed E-state index contributed by atoms with van der Waals surface area (Å²) in [6.07, 6.45) is 1.39. The lowest BCUT2D eigenvalue weighted by molar-refractivity contribution is 0.923. The molecule has 0 fully saturated rings. The summed E-state index contributed by atoms with van der Waals surface area (Å²) in [6, 6.07) is 6.95. The van der Waals surface area contributed by atoms with Gasteiger partial charge in [-0.15, -0.1) is 0 Å². The molecule has 3 aromatic rings. The van der Waals surface area contributed by atoms with E-state index in [4.69, 9.17) is 17.4 Å². The molecule has 0 spiro atoms. The molecule has 4 N–H and O–H groups in total. The Morgan fingerprint density at radius 2 is 2.05 bits per heavy atom. The number of rotatable bonds is 2. The lowest BCUT2D eigenvalue weighted by Crippen LogP contribution is -2.30. The van der Waals surface area contributed by atoms with E-state index in [1.165, 1.54) is 6.20 Å². The van der Waals surface area contributed by atoms with Gasteiger partial charge in [-0.3, -0.25) is 9.89 Å². The van der Waals surface area contributed by atoms with Gasteiger partial charge in [0.2, 0.25) is 5.95 Å². The van der Waals surface area contributed by atoms with Crippen molar-refractivity contribution in [1.82, 2.24) is 19.9 Å². The summed E-state index contributed by atoms with van der Waals surface area (Å²) < 4.78 is 0.937. The predicted molar refractivity (Wildman–Crippen MR) is 73.0 cm³/mol. The molecule has 0 aliphatic rings. The monoisotopic (exact) mass is 276 g/mol. The summed E-state index contributed by atoms with van der Waals surface area (Å²) >= 11 is 5.80. The summed E-state index contributed by atoms with van der Waals surface area (Å²) in [5, 5.41) is 10.3. The molecule has 8 heteroatoms. The number of nitrogens with zero attached hydrogens (tertiary/aromatic N) is 3. The fraction of sp³-hybridized carbons (Fsp3) is 0. The highest BCUT2D eigenvalue weighted by Crippen LogP contribution is 2.17. The number of aromatic nitrogens is 4. The number of nitrogens with one attached hydrogen (secondary N) is 2. The van der Waals surface area contributed by atoms with Gasteiger partial charge in [0.05, 0.1) is 6.20 Å². The van der Waals surface area contributed by atoms with Crippen molar-refractivity contribution in [3.8, 4) is 0 Å². The van der Waals surface area contributed by atoms with Crippen LogP contribution in [0, 0.1) is 0 Å². The number of benzene rings is 1. The number of aromatic amines is 1. The normalized spacial score (nSPS) is 10.8. The maximum atomic E-state index is 11.9. The molecule has 0 amide bonds. The molecule has 0 radical (unpaired) electrons. The number of halogens is 1. The van der Waals surface area contributed by atoms with Gasteiger partial charge in [-0.05, 0) is 24.3 Å². The van der Waals surface area contributed by atoms with Gasteiger partial charge in [-0.1, -0.05) is 11.6 Å². The van der Waals surface area contributed by atoms with Crippen molar-refractivity contribution in [2.75, 3.05) is 11.2 Å². The van der Waals surface area contributed by atoms with Crippen LogP contribution >= 0.6 is 11.6 Å². The second-order valence-corrected chi connectivity index (χ2v) is 4.31. The molecular weight excluding hydrogens is 268 g/mol. The average Bonchev–Trinajstić information content (AvgIpc) is 2.86. The van der Waals surface area contributed by atoms with Crippen LogP contribution in [-0.2, 0) is 0 Å². The van der Waals surface area contributed by atoms with Gasteiger partial charge in [-0.2, -0.15) is 14.8 Å². The smallest absolute Gasteiger partial charge is 0.284 e. The Labute approximate surface area is 112 Å². The Morgan fingerprint density at radius 1 is 1.32 bits per heavy atom. The zero-order valence-corrected chi connectivity index (χ0v) is 10.3. The topological polar surface area (TPSA) is 102 Å². The van der Waals surface area contributed by atoms with Crippen LogP contribution in [0.1, 0.15) is 0 Å². The number of hydrogen-bond donors (Lipinski definition) is 3. The molecule has 19 heavy (non-hydrogen) atoms. The first-order valence-corrected chi connectivity index (χ1v) is 5.77. The molecule has 0 unspecified atom stereocenters. The highest BCUT2D eigenvalue weighted by Gasteiger charge is 2.10. The lowest BCUT2D eigenvalue weighted by Gasteiger charge is -2.09. The molecule has 0 bridgehead atoms. The summed E-state index contributed by atoms with van der Waals surface area (Å²) in [4.78, 5) is 16.1. The van der Waals surface area contributed by atoms with Gasteiger partial charge < -0.3 is 11.2 Å². The third-order valence-electron chi connectivity index (χ3n) is 2.61. The van der Waals surface area contributed by atoms with Crippen molar-refractivity contribution in [3.05, 3.63) is 45.8 Å². The van der Waals surface area contributed by atoms with Crippen molar-refractivity contribution >= 4 is 34.3 Å². The van der Waals surface area contributed by atoms with Crippen molar-refractivity contribution in [3.63, 3.8) is 0 Å². The number of H-pyrrole nitrogens is 1. The maximum Gasteiger partial charge on any atom is 0.284 e. The lowest BCUT2D eigenvalue weighted by atomic mass is 10.3. The van der Waals surface area contributed by atoms with Crippen LogP contribution in [0.4, 0.5) is 11.6 Å². The minimum absolute atomic E-state index is 0.212. The number of nitrogens with two attached hydrogens (primary N) is 1. The van der Waals surface area contributed by atoms with Crippen LogP contribution in [-0.4, -0.2) is 19.9 Å². The Balaban J connectivity index is 2.07. The zero-order valence-electron chi connectivity index (χ0n) is 9.59. The predicted octanol–water partition coefficient (Wildman–Crippen LogP) is 1.23.